The molecule has 0 spiro atoms. The maximum Gasteiger partial charge on any atom is 0.295 e. The second kappa shape index (κ2) is 14.3. The summed E-state index contributed by atoms with van der Waals surface area (Å²) >= 11 is 0. The number of aliphatic hydroxyl groups excluding tert-OH is 1. The number of carbonyl (C=O) groups excluding carboxylic acids is 2. The van der Waals surface area contributed by atoms with E-state index in [-0.39, 0.29) is 29.2 Å². The number of carbonyl (C=O) groups is 2. The van der Waals surface area contributed by atoms with E-state index in [1.807, 2.05) is 12.1 Å². The van der Waals surface area contributed by atoms with E-state index >= 15 is 0 Å². The Bertz CT molecular complexity index is 2160. The lowest BCUT2D eigenvalue weighted by atomic mass is 9.92. The third kappa shape index (κ3) is 6.40. The molecule has 1 aromatic carbocycles. The SMILES string of the molecule is C=CC(=O)Nc1cc(Nc2nc(-c3ccnc(N4CCc5c(oc6c5CCCC6)C4=O)c3CO)cn(C)c2=O)ccc1N1CCN(C2COC2)C[C@@H]1C. The predicted molar refractivity (Wildman–Crippen MR) is 201 cm³/mol. The third-order valence-corrected chi connectivity index (χ3v) is 10.9. The molecule has 3 aliphatic heterocycles. The molecule has 2 fully saturated rings. The first kappa shape index (κ1) is 34.8. The molecule has 0 unspecified atom stereocenters. The molecule has 0 saturated carbocycles. The standard InChI is InChI=1S/C39H44N8O6/c1-4-34(49)42-30-17-24(9-10-32(30)46-16-15-45(18-23(46)2)25-21-52-22-25)41-36-39(51)44(3)19-31(43-36)26-11-13-40-37(29(26)20-48)47-14-12-28-27-7-5-6-8-33(27)53-35(28)38(47)50/h4,9-11,13,17,19,23,25,48H,1,5-8,12,14-16,18,20-22H2,2-3H3,(H,41,43)(H,42,49)/t23-/m0/s1. The molecule has 3 aromatic heterocycles. The molecule has 53 heavy (non-hydrogen) atoms. The molecule has 4 aromatic rings. The van der Waals surface area contributed by atoms with E-state index in [4.69, 9.17) is 14.1 Å². The summed E-state index contributed by atoms with van der Waals surface area (Å²) in [5, 5.41) is 16.8. The Balaban J connectivity index is 1.09. The summed E-state index contributed by atoms with van der Waals surface area (Å²) in [7, 11) is 1.63. The van der Waals surface area contributed by atoms with Gasteiger partial charge in [0.1, 0.15) is 11.6 Å². The maximum absolute atomic E-state index is 13.8. The normalized spacial score (nSPS) is 19.0. The fourth-order valence-corrected chi connectivity index (χ4v) is 8.04. The van der Waals surface area contributed by atoms with Crippen LogP contribution in [-0.2, 0) is 42.4 Å². The number of aromatic nitrogens is 3. The minimum atomic E-state index is -0.411. The molecule has 8 rings (SSSR count). The van der Waals surface area contributed by atoms with Crippen molar-refractivity contribution in [1.82, 2.24) is 19.4 Å². The quantitative estimate of drug-likeness (QED) is 0.216. The number of nitrogens with one attached hydrogen (secondary N) is 2. The van der Waals surface area contributed by atoms with Crippen molar-refractivity contribution in [3.63, 3.8) is 0 Å². The first-order valence-corrected chi connectivity index (χ1v) is 18.3. The Hall–Kier alpha value is -5.31. The summed E-state index contributed by atoms with van der Waals surface area (Å²) in [6.07, 6.45) is 8.93. The number of hydrogen-bond donors (Lipinski definition) is 3. The van der Waals surface area contributed by atoms with Crippen molar-refractivity contribution in [1.29, 1.82) is 0 Å². The highest BCUT2D eigenvalue weighted by Crippen LogP contribution is 2.37. The van der Waals surface area contributed by atoms with E-state index < -0.39 is 6.61 Å². The van der Waals surface area contributed by atoms with Crippen LogP contribution in [0.1, 0.15) is 52.8 Å². The van der Waals surface area contributed by atoms with Crippen molar-refractivity contribution in [3.8, 4) is 11.3 Å². The van der Waals surface area contributed by atoms with Crippen LogP contribution in [0.2, 0.25) is 0 Å². The van der Waals surface area contributed by atoms with Crippen molar-refractivity contribution in [2.24, 2.45) is 7.05 Å². The smallest absolute Gasteiger partial charge is 0.295 e. The average Bonchev–Trinajstić information content (AvgIpc) is 3.53. The molecule has 2 amide bonds. The Morgan fingerprint density at radius 2 is 1.92 bits per heavy atom. The zero-order valence-corrected chi connectivity index (χ0v) is 30.1. The monoisotopic (exact) mass is 720 g/mol. The van der Waals surface area contributed by atoms with Gasteiger partial charge in [-0.15, -0.1) is 0 Å². The number of aliphatic hydroxyl groups is 1. The average molecular weight is 721 g/mol. The van der Waals surface area contributed by atoms with Crippen LogP contribution < -0.4 is 26.0 Å². The molecule has 0 radical (unpaired) electrons. The van der Waals surface area contributed by atoms with Crippen molar-refractivity contribution in [3.05, 3.63) is 87.9 Å². The molecule has 4 aliphatic rings. The number of pyridine rings is 1. The van der Waals surface area contributed by atoms with Gasteiger partial charge in [0.05, 0.1) is 42.9 Å². The van der Waals surface area contributed by atoms with Crippen LogP contribution in [0.15, 0.2) is 58.5 Å². The van der Waals surface area contributed by atoms with E-state index in [1.165, 1.54) is 16.2 Å². The number of benzene rings is 1. The van der Waals surface area contributed by atoms with Crippen molar-refractivity contribution in [2.45, 2.75) is 57.7 Å². The first-order valence-electron chi connectivity index (χ1n) is 18.3. The molecule has 14 heteroatoms. The van der Waals surface area contributed by atoms with E-state index in [2.05, 4.69) is 38.9 Å². The summed E-state index contributed by atoms with van der Waals surface area (Å²) in [6, 6.07) is 7.93. The van der Waals surface area contributed by atoms with Gasteiger partial charge in [0.2, 0.25) is 5.91 Å². The van der Waals surface area contributed by atoms with Crippen LogP contribution in [0, 0.1) is 0 Å². The summed E-state index contributed by atoms with van der Waals surface area (Å²) in [5.41, 5.74) is 5.13. The summed E-state index contributed by atoms with van der Waals surface area (Å²) in [6.45, 7) is 9.84. The van der Waals surface area contributed by atoms with E-state index in [9.17, 15) is 19.5 Å². The molecule has 276 valence electrons. The van der Waals surface area contributed by atoms with Crippen LogP contribution in [0.3, 0.4) is 0 Å². The largest absolute Gasteiger partial charge is 0.455 e. The molecule has 14 nitrogen and oxygen atoms in total. The van der Waals surface area contributed by atoms with Gasteiger partial charge in [-0.1, -0.05) is 6.58 Å². The van der Waals surface area contributed by atoms with Crippen molar-refractivity contribution in [2.75, 3.05) is 59.8 Å². The number of nitrogens with zero attached hydrogens (tertiary/aromatic N) is 6. The molecule has 0 bridgehead atoms. The predicted octanol–water partition coefficient (Wildman–Crippen LogP) is 3.79. The number of hydrogen-bond acceptors (Lipinski definition) is 11. The lowest BCUT2D eigenvalue weighted by Crippen LogP contribution is -2.59. The van der Waals surface area contributed by atoms with Gasteiger partial charge in [0.25, 0.3) is 11.5 Å². The first-order chi connectivity index (χ1) is 25.7. The zero-order valence-electron chi connectivity index (χ0n) is 30.1. The number of furan rings is 1. The van der Waals surface area contributed by atoms with E-state index in [0.29, 0.717) is 58.8 Å². The number of rotatable bonds is 9. The second-order valence-electron chi connectivity index (χ2n) is 14.2. The highest BCUT2D eigenvalue weighted by Gasteiger charge is 2.36. The zero-order chi connectivity index (χ0) is 36.8. The van der Waals surface area contributed by atoms with Crippen LogP contribution >= 0.6 is 0 Å². The molecular formula is C39H44N8O6. The van der Waals surface area contributed by atoms with Gasteiger partial charge < -0.3 is 34.4 Å². The van der Waals surface area contributed by atoms with Gasteiger partial charge in [0, 0.05) is 80.5 Å². The van der Waals surface area contributed by atoms with Gasteiger partial charge in [-0.05, 0) is 68.5 Å². The summed E-state index contributed by atoms with van der Waals surface area (Å²) in [5.74, 6) is 1.02. The molecule has 2 saturated heterocycles. The third-order valence-electron chi connectivity index (χ3n) is 10.9. The highest BCUT2D eigenvalue weighted by molar-refractivity contribution is 6.07. The number of piperazine rings is 1. The van der Waals surface area contributed by atoms with Gasteiger partial charge >= 0.3 is 0 Å². The Labute approximate surface area is 307 Å². The Morgan fingerprint density at radius 3 is 2.68 bits per heavy atom. The lowest BCUT2D eigenvalue weighted by molar-refractivity contribution is -0.111. The second-order valence-corrected chi connectivity index (χ2v) is 14.2. The number of anilines is 5. The number of amides is 2. The van der Waals surface area contributed by atoms with Gasteiger partial charge in [-0.3, -0.25) is 24.2 Å². The van der Waals surface area contributed by atoms with Crippen molar-refractivity contribution < 1.29 is 23.8 Å². The number of fused-ring (bicyclic) bond motifs is 3. The van der Waals surface area contributed by atoms with Crippen LogP contribution in [-0.4, -0.2) is 87.8 Å². The van der Waals surface area contributed by atoms with Crippen LogP contribution in [0.25, 0.3) is 11.3 Å². The Kier molecular flexibility index (Phi) is 9.35. The van der Waals surface area contributed by atoms with E-state index in [0.717, 1.165) is 75.5 Å². The molecule has 3 N–H and O–H groups in total. The summed E-state index contributed by atoms with van der Waals surface area (Å²) in [4.78, 5) is 55.4. The molecule has 6 heterocycles. The molecular weight excluding hydrogens is 676 g/mol. The topological polar surface area (TPSA) is 158 Å². The molecule has 1 aliphatic carbocycles. The lowest BCUT2D eigenvalue weighted by Gasteiger charge is -2.46. The number of aryl methyl sites for hydroxylation is 2. The highest BCUT2D eigenvalue weighted by atomic mass is 16.5. The van der Waals surface area contributed by atoms with E-state index in [1.54, 1.807) is 36.5 Å². The fraction of sp³-hybridized carbons (Fsp3) is 0.410. The van der Waals surface area contributed by atoms with Gasteiger partial charge in [-0.25, -0.2) is 9.97 Å². The van der Waals surface area contributed by atoms with Crippen molar-refractivity contribution >= 4 is 40.5 Å². The fourth-order valence-electron chi connectivity index (χ4n) is 8.04. The minimum absolute atomic E-state index is 0.0468. The van der Waals surface area contributed by atoms with Crippen LogP contribution in [0.4, 0.5) is 28.7 Å². The summed E-state index contributed by atoms with van der Waals surface area (Å²) < 4.78 is 12.9. The van der Waals surface area contributed by atoms with Gasteiger partial charge in [-0.2, -0.15) is 0 Å². The minimum Gasteiger partial charge on any atom is -0.455 e. The Morgan fingerprint density at radius 1 is 1.09 bits per heavy atom. The van der Waals surface area contributed by atoms with Crippen LogP contribution in [0.5, 0.6) is 0 Å². The number of ether oxygens (including phenoxy) is 1. The van der Waals surface area contributed by atoms with Gasteiger partial charge in [0.15, 0.2) is 11.6 Å². The maximum atomic E-state index is 13.8. The molecule has 1 atom stereocenters.